The summed E-state index contributed by atoms with van der Waals surface area (Å²) in [5, 5.41) is 17.6. The van der Waals surface area contributed by atoms with Crippen molar-refractivity contribution in [3.05, 3.63) is 22.4 Å². The molecule has 0 aliphatic rings. The number of hydrogen-bond donors (Lipinski definition) is 3. The lowest BCUT2D eigenvalue weighted by Crippen LogP contribution is -2.35. The Morgan fingerprint density at radius 2 is 2.10 bits per heavy atom. The van der Waals surface area contributed by atoms with Crippen LogP contribution in [0.5, 0.6) is 0 Å². The lowest BCUT2D eigenvalue weighted by atomic mass is 10.1. The molecule has 0 fully saturated rings. The Morgan fingerprint density at radius 1 is 1.35 bits per heavy atom. The number of carbonyl (C=O) groups is 3. The fourth-order valence-electron chi connectivity index (χ4n) is 1.52. The van der Waals surface area contributed by atoms with Crippen LogP contribution in [0.25, 0.3) is 0 Å². The zero-order chi connectivity index (χ0) is 15.0. The molecule has 0 aliphatic heterocycles. The van der Waals surface area contributed by atoms with Crippen molar-refractivity contribution in [1.29, 1.82) is 0 Å². The molecule has 1 aromatic heterocycles. The van der Waals surface area contributed by atoms with E-state index < -0.39 is 11.9 Å². The highest BCUT2D eigenvalue weighted by Crippen LogP contribution is 2.05. The van der Waals surface area contributed by atoms with Gasteiger partial charge in [0.1, 0.15) is 0 Å². The van der Waals surface area contributed by atoms with Crippen molar-refractivity contribution in [2.45, 2.75) is 19.8 Å². The van der Waals surface area contributed by atoms with E-state index in [1.54, 1.807) is 23.8 Å². The normalized spacial score (nSPS) is 11.7. The SMILES string of the molecule is CCC(CNC(=O)CCNC(=O)c1ccsc1)C(=O)O. The quantitative estimate of drug-likeness (QED) is 0.669. The van der Waals surface area contributed by atoms with Crippen molar-refractivity contribution in [2.75, 3.05) is 13.1 Å². The van der Waals surface area contributed by atoms with Crippen LogP contribution in [0.4, 0.5) is 0 Å². The average molecular weight is 298 g/mol. The zero-order valence-electron chi connectivity index (χ0n) is 11.2. The Morgan fingerprint density at radius 3 is 2.65 bits per heavy atom. The van der Waals surface area contributed by atoms with E-state index in [4.69, 9.17) is 5.11 Å². The minimum Gasteiger partial charge on any atom is -0.481 e. The maximum Gasteiger partial charge on any atom is 0.308 e. The Hall–Kier alpha value is -1.89. The summed E-state index contributed by atoms with van der Waals surface area (Å²) in [6.07, 6.45) is 0.594. The molecule has 0 bridgehead atoms. The second-order valence-electron chi connectivity index (χ2n) is 4.27. The number of carboxylic acids is 1. The first-order valence-electron chi connectivity index (χ1n) is 6.34. The van der Waals surface area contributed by atoms with Gasteiger partial charge in [0.15, 0.2) is 0 Å². The number of thiophene rings is 1. The molecule has 0 radical (unpaired) electrons. The van der Waals surface area contributed by atoms with E-state index in [0.29, 0.717) is 12.0 Å². The number of carboxylic acid groups (broad SMARTS) is 1. The molecule has 7 heteroatoms. The van der Waals surface area contributed by atoms with Gasteiger partial charge in [0.25, 0.3) is 5.91 Å². The maximum atomic E-state index is 11.6. The molecule has 1 aromatic rings. The molecule has 3 N–H and O–H groups in total. The van der Waals surface area contributed by atoms with Gasteiger partial charge in [-0.2, -0.15) is 11.3 Å². The fourth-order valence-corrected chi connectivity index (χ4v) is 2.15. The third-order valence-corrected chi connectivity index (χ3v) is 3.49. The second kappa shape index (κ2) is 8.31. The summed E-state index contributed by atoms with van der Waals surface area (Å²) in [6.45, 7) is 2.10. The van der Waals surface area contributed by atoms with Gasteiger partial charge in [-0.1, -0.05) is 6.92 Å². The van der Waals surface area contributed by atoms with Crippen LogP contribution in [-0.4, -0.2) is 36.0 Å². The van der Waals surface area contributed by atoms with Crippen LogP contribution < -0.4 is 10.6 Å². The van der Waals surface area contributed by atoms with Crippen LogP contribution in [0.1, 0.15) is 30.1 Å². The van der Waals surface area contributed by atoms with E-state index in [1.165, 1.54) is 11.3 Å². The number of rotatable bonds is 8. The smallest absolute Gasteiger partial charge is 0.308 e. The molecule has 0 saturated heterocycles. The first kappa shape index (κ1) is 16.2. The first-order chi connectivity index (χ1) is 9.54. The van der Waals surface area contributed by atoms with E-state index >= 15 is 0 Å². The van der Waals surface area contributed by atoms with Gasteiger partial charge in [0, 0.05) is 30.5 Å². The van der Waals surface area contributed by atoms with Gasteiger partial charge in [0.2, 0.25) is 5.91 Å². The Labute approximate surface area is 121 Å². The number of hydrogen-bond acceptors (Lipinski definition) is 4. The molecular formula is C13H18N2O4S. The predicted molar refractivity (Wildman–Crippen MR) is 75.7 cm³/mol. The van der Waals surface area contributed by atoms with Gasteiger partial charge in [-0.25, -0.2) is 0 Å². The van der Waals surface area contributed by atoms with E-state index in [2.05, 4.69) is 10.6 Å². The summed E-state index contributed by atoms with van der Waals surface area (Å²) in [5.41, 5.74) is 0.576. The van der Waals surface area contributed by atoms with Gasteiger partial charge in [-0.05, 0) is 17.9 Å². The van der Waals surface area contributed by atoms with Crippen LogP contribution in [0.2, 0.25) is 0 Å². The summed E-state index contributed by atoms with van der Waals surface area (Å²) in [4.78, 5) is 33.8. The summed E-state index contributed by atoms with van der Waals surface area (Å²) < 4.78 is 0. The van der Waals surface area contributed by atoms with Crippen molar-refractivity contribution < 1.29 is 19.5 Å². The minimum absolute atomic E-state index is 0.114. The van der Waals surface area contributed by atoms with Crippen molar-refractivity contribution >= 4 is 29.1 Å². The Kier molecular flexibility index (Phi) is 6.72. The largest absolute Gasteiger partial charge is 0.481 e. The number of aliphatic carboxylic acids is 1. The lowest BCUT2D eigenvalue weighted by Gasteiger charge is -2.11. The highest BCUT2D eigenvalue weighted by molar-refractivity contribution is 7.08. The van der Waals surface area contributed by atoms with E-state index in [1.807, 2.05) is 0 Å². The number of carbonyl (C=O) groups excluding carboxylic acids is 2. The van der Waals surface area contributed by atoms with Gasteiger partial charge < -0.3 is 15.7 Å². The van der Waals surface area contributed by atoms with E-state index in [0.717, 1.165) is 0 Å². The minimum atomic E-state index is -0.918. The van der Waals surface area contributed by atoms with Crippen LogP contribution >= 0.6 is 11.3 Å². The second-order valence-corrected chi connectivity index (χ2v) is 5.05. The molecule has 0 saturated carbocycles. The van der Waals surface area contributed by atoms with Crippen molar-refractivity contribution in [3.63, 3.8) is 0 Å². The van der Waals surface area contributed by atoms with Crippen molar-refractivity contribution in [3.8, 4) is 0 Å². The van der Waals surface area contributed by atoms with Crippen molar-refractivity contribution in [1.82, 2.24) is 10.6 Å². The number of nitrogens with one attached hydrogen (secondary N) is 2. The summed E-state index contributed by atoms with van der Waals surface area (Å²) in [5.74, 6) is -1.97. The highest BCUT2D eigenvalue weighted by Gasteiger charge is 2.15. The van der Waals surface area contributed by atoms with E-state index in [9.17, 15) is 14.4 Å². The molecular weight excluding hydrogens is 280 g/mol. The fraction of sp³-hybridized carbons (Fsp3) is 0.462. The van der Waals surface area contributed by atoms with Gasteiger partial charge in [-0.15, -0.1) is 0 Å². The lowest BCUT2D eigenvalue weighted by molar-refractivity contribution is -0.141. The molecule has 1 rings (SSSR count). The third kappa shape index (κ3) is 5.40. The maximum absolute atomic E-state index is 11.6. The molecule has 0 aromatic carbocycles. The standard InChI is InChI=1S/C13H18N2O4S/c1-2-9(13(18)19)7-15-11(16)3-5-14-12(17)10-4-6-20-8-10/h4,6,8-9H,2-3,5,7H2,1H3,(H,14,17)(H,15,16)(H,18,19). The van der Waals surface area contributed by atoms with Crippen LogP contribution in [0.3, 0.4) is 0 Å². The molecule has 1 unspecified atom stereocenters. The van der Waals surface area contributed by atoms with E-state index in [-0.39, 0.29) is 31.3 Å². The monoisotopic (exact) mass is 298 g/mol. The number of amides is 2. The molecule has 0 aliphatic carbocycles. The van der Waals surface area contributed by atoms with Crippen LogP contribution in [0, 0.1) is 5.92 Å². The van der Waals surface area contributed by atoms with Gasteiger partial charge >= 0.3 is 5.97 Å². The Bertz CT molecular complexity index is 459. The van der Waals surface area contributed by atoms with Crippen molar-refractivity contribution in [2.24, 2.45) is 5.92 Å². The summed E-state index contributed by atoms with van der Waals surface area (Å²) >= 11 is 1.43. The van der Waals surface area contributed by atoms with Crippen LogP contribution in [0.15, 0.2) is 16.8 Å². The third-order valence-electron chi connectivity index (χ3n) is 2.81. The molecule has 0 spiro atoms. The average Bonchev–Trinajstić information content (AvgIpc) is 2.92. The summed E-state index contributed by atoms with van der Waals surface area (Å²) in [6, 6.07) is 1.71. The molecule has 110 valence electrons. The van der Waals surface area contributed by atoms with Gasteiger partial charge in [-0.3, -0.25) is 14.4 Å². The molecule has 6 nitrogen and oxygen atoms in total. The highest BCUT2D eigenvalue weighted by atomic mass is 32.1. The predicted octanol–water partition coefficient (Wildman–Crippen LogP) is 1.09. The Balaban J connectivity index is 2.20. The van der Waals surface area contributed by atoms with Crippen LogP contribution in [-0.2, 0) is 9.59 Å². The topological polar surface area (TPSA) is 95.5 Å². The molecule has 20 heavy (non-hydrogen) atoms. The first-order valence-corrected chi connectivity index (χ1v) is 7.28. The van der Waals surface area contributed by atoms with Gasteiger partial charge in [0.05, 0.1) is 5.92 Å². The summed E-state index contributed by atoms with van der Waals surface area (Å²) in [7, 11) is 0. The molecule has 1 atom stereocenters. The molecule has 1 heterocycles. The zero-order valence-corrected chi connectivity index (χ0v) is 12.0. The molecule has 2 amide bonds.